The van der Waals surface area contributed by atoms with Gasteiger partial charge in [-0.3, -0.25) is 0 Å². The first kappa shape index (κ1) is 18.2. The zero-order valence-corrected chi connectivity index (χ0v) is 16.8. The van der Waals surface area contributed by atoms with Crippen molar-refractivity contribution >= 4 is 34.7 Å². The molecule has 0 rings (SSSR count). The van der Waals surface area contributed by atoms with Crippen LogP contribution in [0.25, 0.3) is 0 Å². The molecular weight excluding hydrogens is 359 g/mol. The molecule has 0 spiro atoms. The Labute approximate surface area is 115 Å². The predicted octanol–water partition coefficient (Wildman–Crippen LogP) is 3.60. The first-order chi connectivity index (χ1) is 8.07. The summed E-state index contributed by atoms with van der Waals surface area (Å²) in [5.41, 5.74) is 0. The van der Waals surface area contributed by atoms with E-state index in [0.717, 1.165) is 11.8 Å². The van der Waals surface area contributed by atoms with E-state index < -0.39 is 25.8 Å². The molecule has 0 radical (unpaired) electrons. The standard InChI is InChI=1S/C5H14O3SSi.3C2H5.Sn/c1-6-10(7-2,8-3)5-4-9;3*1-2;/h9H,4-5H2,1-3H3;3*1H2,2H3;/q;;;;+1/p-1. The fourth-order valence-corrected chi connectivity index (χ4v) is 21.4. The van der Waals surface area contributed by atoms with Gasteiger partial charge >= 0.3 is 115 Å². The van der Waals surface area contributed by atoms with E-state index in [4.69, 9.17) is 13.3 Å². The van der Waals surface area contributed by atoms with Crippen LogP contribution in [0.3, 0.4) is 0 Å². The average molecular weight is 387 g/mol. The maximum atomic E-state index is 5.46. The molecule has 0 aromatic rings. The van der Waals surface area contributed by atoms with Crippen LogP contribution in [-0.4, -0.2) is 52.9 Å². The Morgan fingerprint density at radius 1 is 0.882 bits per heavy atom. The molecule has 17 heavy (non-hydrogen) atoms. The van der Waals surface area contributed by atoms with Crippen LogP contribution in [0.1, 0.15) is 20.8 Å². The van der Waals surface area contributed by atoms with Crippen LogP contribution < -0.4 is 0 Å². The van der Waals surface area contributed by atoms with Gasteiger partial charge in [0, 0.05) is 0 Å². The minimum absolute atomic E-state index is 0.930. The van der Waals surface area contributed by atoms with Crippen LogP contribution in [0.4, 0.5) is 0 Å². The molecule has 0 unspecified atom stereocenters. The van der Waals surface area contributed by atoms with Gasteiger partial charge in [-0.25, -0.2) is 0 Å². The summed E-state index contributed by atoms with van der Waals surface area (Å²) in [5, 5.41) is 0. The van der Waals surface area contributed by atoms with E-state index in [1.54, 1.807) is 21.3 Å². The van der Waals surface area contributed by atoms with E-state index in [9.17, 15) is 0 Å². The van der Waals surface area contributed by atoms with Crippen molar-refractivity contribution in [3.8, 4) is 0 Å². The average Bonchev–Trinajstić information content (AvgIpc) is 2.41. The topological polar surface area (TPSA) is 27.7 Å². The Hall–Kier alpha value is 1.25. The van der Waals surface area contributed by atoms with Crippen LogP contribution in [0.5, 0.6) is 0 Å². The third-order valence-electron chi connectivity index (χ3n) is 3.68. The molecule has 0 saturated carbocycles. The summed E-state index contributed by atoms with van der Waals surface area (Å²) in [4.78, 5) is 0. The summed E-state index contributed by atoms with van der Waals surface area (Å²) in [5.74, 6) is 1.13. The molecule has 3 nitrogen and oxygen atoms in total. The van der Waals surface area contributed by atoms with Crippen LogP contribution >= 0.6 is 8.95 Å². The zero-order chi connectivity index (χ0) is 13.4. The van der Waals surface area contributed by atoms with Crippen molar-refractivity contribution in [2.75, 3.05) is 27.1 Å². The summed E-state index contributed by atoms with van der Waals surface area (Å²) in [6.45, 7) is 7.09. The van der Waals surface area contributed by atoms with Crippen molar-refractivity contribution in [3.05, 3.63) is 0 Å². The van der Waals surface area contributed by atoms with E-state index in [-0.39, 0.29) is 0 Å². The number of hydrogen-bond acceptors (Lipinski definition) is 4. The van der Waals surface area contributed by atoms with Gasteiger partial charge in [-0.1, -0.05) is 0 Å². The summed E-state index contributed by atoms with van der Waals surface area (Å²) in [6.07, 6.45) is 0. The quantitative estimate of drug-likeness (QED) is 0.536. The van der Waals surface area contributed by atoms with Crippen LogP contribution in [0.2, 0.25) is 19.4 Å². The molecule has 0 aliphatic carbocycles. The third kappa shape index (κ3) is 5.40. The molecule has 6 heteroatoms. The molecule has 104 valence electrons. The summed E-state index contributed by atoms with van der Waals surface area (Å²) < 4.78 is 20.6. The van der Waals surface area contributed by atoms with Crippen molar-refractivity contribution in [2.45, 2.75) is 40.1 Å². The SMILES string of the molecule is C[CH2][Sn]([CH2]C)([CH2]C)[S]CC[Si](OC)(OC)OC. The Kier molecular flexibility index (Phi) is 9.87. The Balaban J connectivity index is 4.28. The van der Waals surface area contributed by atoms with E-state index in [1.807, 2.05) is 0 Å². The summed E-state index contributed by atoms with van der Waals surface area (Å²) in [7, 11) is 4.99. The molecular formula is C11H28O3SSiSn. The molecule has 0 saturated heterocycles. The van der Waals surface area contributed by atoms with E-state index in [2.05, 4.69) is 29.7 Å². The molecule has 0 bridgehead atoms. The fourth-order valence-electron chi connectivity index (χ4n) is 2.00. The molecule has 0 atom stereocenters. The second-order valence-electron chi connectivity index (χ2n) is 4.14. The molecule has 0 aliphatic heterocycles. The molecule has 0 heterocycles. The van der Waals surface area contributed by atoms with E-state index in [1.165, 1.54) is 13.3 Å². The molecule has 0 amide bonds. The number of hydrogen-bond donors (Lipinski definition) is 0. The monoisotopic (exact) mass is 388 g/mol. The molecule has 0 aliphatic rings. The summed E-state index contributed by atoms with van der Waals surface area (Å²) >= 11 is -1.85. The van der Waals surface area contributed by atoms with Crippen molar-refractivity contribution in [2.24, 2.45) is 0 Å². The predicted molar refractivity (Wildman–Crippen MR) is 81.2 cm³/mol. The van der Waals surface area contributed by atoms with Gasteiger partial charge in [-0.05, 0) is 0 Å². The van der Waals surface area contributed by atoms with Gasteiger partial charge in [-0.2, -0.15) is 0 Å². The zero-order valence-electron chi connectivity index (χ0n) is 12.2. The van der Waals surface area contributed by atoms with Gasteiger partial charge in [0.15, 0.2) is 0 Å². The Bertz CT molecular complexity index is 163. The first-order valence-electron chi connectivity index (χ1n) is 6.37. The first-order valence-corrected chi connectivity index (χ1v) is 18.8. The van der Waals surface area contributed by atoms with Crippen molar-refractivity contribution < 1.29 is 13.3 Å². The fraction of sp³-hybridized carbons (Fsp3) is 1.00. The third-order valence-corrected chi connectivity index (χ3v) is 31.6. The maximum absolute atomic E-state index is 5.46. The number of rotatable bonds is 10. The summed E-state index contributed by atoms with van der Waals surface area (Å²) in [6, 6.07) is 0.930. The van der Waals surface area contributed by atoms with Crippen LogP contribution in [0, 0.1) is 0 Å². The van der Waals surface area contributed by atoms with Gasteiger partial charge in [-0.15, -0.1) is 0 Å². The normalized spacial score (nSPS) is 13.1. The van der Waals surface area contributed by atoms with Gasteiger partial charge in [0.25, 0.3) is 0 Å². The van der Waals surface area contributed by atoms with Gasteiger partial charge in [0.1, 0.15) is 0 Å². The van der Waals surface area contributed by atoms with Crippen molar-refractivity contribution in [3.63, 3.8) is 0 Å². The van der Waals surface area contributed by atoms with Gasteiger partial charge in [0.2, 0.25) is 0 Å². The second kappa shape index (κ2) is 9.20. The molecule has 0 aromatic heterocycles. The van der Waals surface area contributed by atoms with E-state index >= 15 is 0 Å². The van der Waals surface area contributed by atoms with Gasteiger partial charge in [0.05, 0.1) is 0 Å². The van der Waals surface area contributed by atoms with E-state index in [0.29, 0.717) is 0 Å². The van der Waals surface area contributed by atoms with Crippen LogP contribution in [-0.2, 0) is 13.3 Å². The molecule has 0 fully saturated rings. The minimum atomic E-state index is -2.34. The van der Waals surface area contributed by atoms with Gasteiger partial charge < -0.3 is 0 Å². The van der Waals surface area contributed by atoms with Crippen molar-refractivity contribution in [1.29, 1.82) is 0 Å². The van der Waals surface area contributed by atoms with Crippen molar-refractivity contribution in [1.82, 2.24) is 0 Å². The molecule has 0 N–H and O–H groups in total. The Morgan fingerprint density at radius 2 is 1.29 bits per heavy atom. The Morgan fingerprint density at radius 3 is 1.59 bits per heavy atom. The van der Waals surface area contributed by atoms with Crippen LogP contribution in [0.15, 0.2) is 0 Å². The second-order valence-corrected chi connectivity index (χ2v) is 29.0. The molecule has 0 aromatic carbocycles.